The molecule has 1 aliphatic heterocycles. The van der Waals surface area contributed by atoms with E-state index in [0.29, 0.717) is 0 Å². The van der Waals surface area contributed by atoms with E-state index in [4.69, 9.17) is 0 Å². The molecule has 0 atom stereocenters. The molecule has 0 aliphatic carbocycles. The average molecular weight is 308 g/mol. The highest BCUT2D eigenvalue weighted by Gasteiger charge is 2.19. The molecule has 118 valence electrons. The van der Waals surface area contributed by atoms with Crippen LogP contribution in [-0.2, 0) is 11.3 Å². The monoisotopic (exact) mass is 308 g/mol. The summed E-state index contributed by atoms with van der Waals surface area (Å²) in [6, 6.07) is 9.76. The number of nitrogens with zero attached hydrogens (tertiary/aromatic N) is 4. The van der Waals surface area contributed by atoms with Crippen LogP contribution in [0, 0.1) is 0 Å². The van der Waals surface area contributed by atoms with E-state index in [9.17, 15) is 4.79 Å². The van der Waals surface area contributed by atoms with Gasteiger partial charge in [-0.3, -0.25) is 19.7 Å². The SMILES string of the molecule is O=C(/C=C\c1cccnc1)N1CCN(Cc2ccccn2)CC1. The molecule has 3 rings (SSSR count). The second-order valence-electron chi connectivity index (χ2n) is 5.54. The molecule has 0 saturated carbocycles. The summed E-state index contributed by atoms with van der Waals surface area (Å²) in [5.41, 5.74) is 2.01. The molecular formula is C18H20N4O. The molecule has 5 nitrogen and oxygen atoms in total. The van der Waals surface area contributed by atoms with Crippen molar-refractivity contribution in [3.63, 3.8) is 0 Å². The average Bonchev–Trinajstić information content (AvgIpc) is 2.62. The van der Waals surface area contributed by atoms with Crippen LogP contribution in [-0.4, -0.2) is 51.9 Å². The molecule has 0 radical (unpaired) electrons. The van der Waals surface area contributed by atoms with Crippen molar-refractivity contribution in [3.05, 3.63) is 66.3 Å². The van der Waals surface area contributed by atoms with Gasteiger partial charge in [-0.1, -0.05) is 12.1 Å². The van der Waals surface area contributed by atoms with Crippen molar-refractivity contribution in [2.75, 3.05) is 26.2 Å². The molecular weight excluding hydrogens is 288 g/mol. The van der Waals surface area contributed by atoms with Gasteiger partial charge in [0.15, 0.2) is 0 Å². The number of amides is 1. The molecule has 0 N–H and O–H groups in total. The van der Waals surface area contributed by atoms with Gasteiger partial charge >= 0.3 is 0 Å². The van der Waals surface area contributed by atoms with Crippen molar-refractivity contribution in [2.45, 2.75) is 6.54 Å². The van der Waals surface area contributed by atoms with Gasteiger partial charge in [-0.15, -0.1) is 0 Å². The molecule has 5 heteroatoms. The van der Waals surface area contributed by atoms with Gasteiger partial charge in [0.1, 0.15) is 0 Å². The highest BCUT2D eigenvalue weighted by molar-refractivity contribution is 5.91. The van der Waals surface area contributed by atoms with E-state index in [1.807, 2.05) is 47.5 Å². The maximum atomic E-state index is 12.2. The lowest BCUT2D eigenvalue weighted by Crippen LogP contribution is -2.47. The third kappa shape index (κ3) is 4.47. The first-order valence-corrected chi connectivity index (χ1v) is 7.80. The lowest BCUT2D eigenvalue weighted by Gasteiger charge is -2.34. The molecule has 2 aromatic rings. The van der Waals surface area contributed by atoms with Crippen LogP contribution in [0.2, 0.25) is 0 Å². The van der Waals surface area contributed by atoms with E-state index in [1.165, 1.54) is 0 Å². The summed E-state index contributed by atoms with van der Waals surface area (Å²) in [6.45, 7) is 4.10. The lowest BCUT2D eigenvalue weighted by molar-refractivity contribution is -0.127. The molecule has 1 amide bonds. The van der Waals surface area contributed by atoms with Crippen molar-refractivity contribution < 1.29 is 4.79 Å². The first kappa shape index (κ1) is 15.4. The summed E-state index contributed by atoms with van der Waals surface area (Å²) >= 11 is 0. The zero-order valence-corrected chi connectivity index (χ0v) is 13.0. The van der Waals surface area contributed by atoms with Crippen molar-refractivity contribution in [1.82, 2.24) is 19.8 Å². The summed E-state index contributed by atoms with van der Waals surface area (Å²) < 4.78 is 0. The fourth-order valence-electron chi connectivity index (χ4n) is 2.59. The Balaban J connectivity index is 1.48. The fraction of sp³-hybridized carbons (Fsp3) is 0.278. The zero-order valence-electron chi connectivity index (χ0n) is 13.0. The molecule has 23 heavy (non-hydrogen) atoms. The van der Waals surface area contributed by atoms with Crippen molar-refractivity contribution in [3.8, 4) is 0 Å². The molecule has 1 saturated heterocycles. The Bertz CT molecular complexity index is 649. The van der Waals surface area contributed by atoms with Crippen molar-refractivity contribution in [2.24, 2.45) is 0 Å². The number of rotatable bonds is 4. The summed E-state index contributed by atoms with van der Waals surface area (Å²) in [5.74, 6) is 0.0614. The van der Waals surface area contributed by atoms with Gasteiger partial charge in [0, 0.05) is 57.4 Å². The Morgan fingerprint density at radius 1 is 1.09 bits per heavy atom. The number of hydrogen-bond acceptors (Lipinski definition) is 4. The van der Waals surface area contributed by atoms with Crippen LogP contribution < -0.4 is 0 Å². The first-order chi connectivity index (χ1) is 11.3. The van der Waals surface area contributed by atoms with Crippen LogP contribution >= 0.6 is 0 Å². The highest BCUT2D eigenvalue weighted by Crippen LogP contribution is 2.08. The van der Waals surface area contributed by atoms with Crippen LogP contribution in [0.4, 0.5) is 0 Å². The number of aromatic nitrogens is 2. The van der Waals surface area contributed by atoms with Crippen molar-refractivity contribution in [1.29, 1.82) is 0 Å². The van der Waals surface area contributed by atoms with E-state index in [2.05, 4.69) is 14.9 Å². The second-order valence-corrected chi connectivity index (χ2v) is 5.54. The van der Waals surface area contributed by atoms with Crippen LogP contribution in [0.1, 0.15) is 11.3 Å². The molecule has 1 fully saturated rings. The maximum Gasteiger partial charge on any atom is 0.246 e. The normalized spacial score (nSPS) is 15.9. The molecule has 2 aromatic heterocycles. The smallest absolute Gasteiger partial charge is 0.246 e. The largest absolute Gasteiger partial charge is 0.337 e. The quantitative estimate of drug-likeness (QED) is 0.809. The van der Waals surface area contributed by atoms with E-state index in [1.54, 1.807) is 18.5 Å². The molecule has 0 unspecified atom stereocenters. The first-order valence-electron chi connectivity index (χ1n) is 7.80. The van der Waals surface area contributed by atoms with Gasteiger partial charge in [0.2, 0.25) is 5.91 Å². The minimum absolute atomic E-state index is 0.0614. The van der Waals surface area contributed by atoms with Crippen molar-refractivity contribution >= 4 is 12.0 Å². The molecule has 0 bridgehead atoms. The third-order valence-corrected chi connectivity index (χ3v) is 3.90. The van der Waals surface area contributed by atoms with Gasteiger partial charge in [0.25, 0.3) is 0 Å². The number of pyridine rings is 2. The van der Waals surface area contributed by atoms with E-state index in [0.717, 1.165) is 44.0 Å². The molecule has 1 aliphatic rings. The highest BCUT2D eigenvalue weighted by atomic mass is 16.2. The van der Waals surface area contributed by atoms with E-state index < -0.39 is 0 Å². The Labute approximate surface area is 136 Å². The van der Waals surface area contributed by atoms with Gasteiger partial charge in [-0.25, -0.2) is 0 Å². The van der Waals surface area contributed by atoms with Gasteiger partial charge < -0.3 is 4.90 Å². The number of hydrogen-bond donors (Lipinski definition) is 0. The van der Waals surface area contributed by atoms with Gasteiger partial charge in [-0.2, -0.15) is 0 Å². The predicted molar refractivity (Wildman–Crippen MR) is 89.4 cm³/mol. The number of piperazine rings is 1. The second kappa shape index (κ2) is 7.65. The summed E-state index contributed by atoms with van der Waals surface area (Å²) in [4.78, 5) is 24.8. The number of carbonyl (C=O) groups excluding carboxylic acids is 1. The zero-order chi connectivity index (χ0) is 15.9. The Morgan fingerprint density at radius 2 is 1.96 bits per heavy atom. The standard InChI is InChI=1S/C18H20N4O/c23-18(7-6-16-4-3-8-19-14-16)22-12-10-21(11-13-22)15-17-5-1-2-9-20-17/h1-9,14H,10-13,15H2/b7-6-. The minimum Gasteiger partial charge on any atom is -0.337 e. The molecule has 3 heterocycles. The summed E-state index contributed by atoms with van der Waals surface area (Å²) in [6.07, 6.45) is 8.73. The van der Waals surface area contributed by atoms with Crippen LogP contribution in [0.3, 0.4) is 0 Å². The fourth-order valence-corrected chi connectivity index (χ4v) is 2.59. The molecule has 0 spiro atoms. The summed E-state index contributed by atoms with van der Waals surface area (Å²) in [7, 11) is 0. The lowest BCUT2D eigenvalue weighted by atomic mass is 10.2. The Kier molecular flexibility index (Phi) is 5.11. The summed E-state index contributed by atoms with van der Waals surface area (Å²) in [5, 5.41) is 0. The van der Waals surface area contributed by atoms with E-state index >= 15 is 0 Å². The third-order valence-electron chi connectivity index (χ3n) is 3.90. The van der Waals surface area contributed by atoms with Crippen LogP contribution in [0.25, 0.3) is 6.08 Å². The van der Waals surface area contributed by atoms with Gasteiger partial charge in [0.05, 0.1) is 5.69 Å². The molecule has 0 aromatic carbocycles. The number of carbonyl (C=O) groups is 1. The Hall–Kier alpha value is -2.53. The van der Waals surface area contributed by atoms with E-state index in [-0.39, 0.29) is 5.91 Å². The minimum atomic E-state index is 0.0614. The maximum absolute atomic E-state index is 12.2. The van der Waals surface area contributed by atoms with Crippen LogP contribution in [0.5, 0.6) is 0 Å². The Morgan fingerprint density at radius 3 is 2.65 bits per heavy atom. The topological polar surface area (TPSA) is 49.3 Å². The predicted octanol–water partition coefficient (Wildman–Crippen LogP) is 1.83. The van der Waals surface area contributed by atoms with Crippen LogP contribution in [0.15, 0.2) is 55.0 Å². The van der Waals surface area contributed by atoms with Gasteiger partial charge in [-0.05, 0) is 29.8 Å².